The van der Waals surface area contributed by atoms with Crippen molar-refractivity contribution >= 4 is 33.8 Å². The number of aliphatic imine (C=N–C) groups is 1. The van der Waals surface area contributed by atoms with Crippen LogP contribution in [0.5, 0.6) is 0 Å². The fourth-order valence-electron chi connectivity index (χ4n) is 2.36. The first kappa shape index (κ1) is 18.3. The number of guanidine groups is 1. The molecule has 0 spiro atoms. The first-order chi connectivity index (χ1) is 11.5. The largest absolute Gasteiger partial charge is 0.357 e. The Kier molecular flexibility index (Phi) is 6.60. The van der Waals surface area contributed by atoms with Gasteiger partial charge in [-0.25, -0.2) is 4.79 Å². The predicted molar refractivity (Wildman–Crippen MR) is 96.7 cm³/mol. The molecule has 2 rings (SSSR count). The number of carbonyl (C=O) groups excluding carboxylic acids is 2. The molecule has 3 amide bonds. The van der Waals surface area contributed by atoms with Crippen molar-refractivity contribution in [2.45, 2.75) is 13.5 Å². The number of nitrogens with one attached hydrogen (secondary N) is 2. The van der Waals surface area contributed by atoms with Crippen molar-refractivity contribution in [1.82, 2.24) is 20.4 Å². The minimum atomic E-state index is -0.346. The van der Waals surface area contributed by atoms with Crippen LogP contribution in [0.15, 0.2) is 33.7 Å². The van der Waals surface area contributed by atoms with Crippen molar-refractivity contribution < 1.29 is 9.59 Å². The average Bonchev–Trinajstić information content (AvgIpc) is 2.88. The molecule has 1 aliphatic rings. The first-order valence-corrected chi connectivity index (χ1v) is 8.63. The Hall–Kier alpha value is -2.09. The number of halogens is 1. The van der Waals surface area contributed by atoms with Crippen LogP contribution in [0, 0.1) is 0 Å². The molecule has 2 N–H and O–H groups in total. The lowest BCUT2D eigenvalue weighted by Crippen LogP contribution is -2.39. The molecule has 1 aliphatic heterocycles. The number of nitrogens with zero attached hydrogens (tertiary/aromatic N) is 3. The number of carbonyl (C=O) groups is 2. The molecule has 0 radical (unpaired) electrons. The zero-order chi connectivity index (χ0) is 17.5. The summed E-state index contributed by atoms with van der Waals surface area (Å²) in [6.45, 7) is 4.15. The molecule has 0 aromatic heterocycles. The van der Waals surface area contributed by atoms with E-state index in [1.54, 1.807) is 0 Å². The third-order valence-electron chi connectivity index (χ3n) is 3.58. The number of hydrogen-bond donors (Lipinski definition) is 2. The summed E-state index contributed by atoms with van der Waals surface area (Å²) >= 11 is 3.55. The van der Waals surface area contributed by atoms with E-state index in [0.717, 1.165) is 22.5 Å². The van der Waals surface area contributed by atoms with E-state index >= 15 is 0 Å². The van der Waals surface area contributed by atoms with Gasteiger partial charge in [0.05, 0.1) is 19.6 Å². The van der Waals surface area contributed by atoms with Gasteiger partial charge in [0, 0.05) is 24.6 Å². The van der Waals surface area contributed by atoms with Gasteiger partial charge in [0.2, 0.25) is 5.91 Å². The van der Waals surface area contributed by atoms with Crippen molar-refractivity contribution in [3.8, 4) is 0 Å². The Morgan fingerprint density at radius 3 is 2.79 bits per heavy atom. The van der Waals surface area contributed by atoms with E-state index in [9.17, 15) is 9.59 Å². The zero-order valence-corrected chi connectivity index (χ0v) is 15.5. The van der Waals surface area contributed by atoms with Gasteiger partial charge in [-0.05, 0) is 18.6 Å². The Labute approximate surface area is 150 Å². The second-order valence-corrected chi connectivity index (χ2v) is 6.24. The minimum absolute atomic E-state index is 0.0740. The summed E-state index contributed by atoms with van der Waals surface area (Å²) in [6, 6.07) is 7.68. The monoisotopic (exact) mass is 395 g/mol. The molecule has 130 valence electrons. The summed E-state index contributed by atoms with van der Waals surface area (Å²) in [5.74, 6) is 0.530. The Bertz CT molecular complexity index is 619. The molecule has 1 heterocycles. The Morgan fingerprint density at radius 2 is 2.17 bits per heavy atom. The van der Waals surface area contributed by atoms with Crippen LogP contribution in [0.25, 0.3) is 0 Å². The van der Waals surface area contributed by atoms with Crippen molar-refractivity contribution in [3.05, 3.63) is 34.3 Å². The second kappa shape index (κ2) is 8.68. The smallest absolute Gasteiger partial charge is 0.324 e. The van der Waals surface area contributed by atoms with Gasteiger partial charge in [-0.15, -0.1) is 0 Å². The van der Waals surface area contributed by atoms with Crippen molar-refractivity contribution in [1.29, 1.82) is 0 Å². The van der Waals surface area contributed by atoms with E-state index in [0.29, 0.717) is 13.1 Å². The third-order valence-corrected chi connectivity index (χ3v) is 4.36. The molecule has 0 saturated carbocycles. The molecule has 24 heavy (non-hydrogen) atoms. The summed E-state index contributed by atoms with van der Waals surface area (Å²) in [5, 5.41) is 5.73. The lowest BCUT2D eigenvalue weighted by atomic mass is 10.2. The molecule has 0 bridgehead atoms. The van der Waals surface area contributed by atoms with Crippen molar-refractivity contribution in [2.24, 2.45) is 4.99 Å². The van der Waals surface area contributed by atoms with E-state index in [4.69, 9.17) is 0 Å². The van der Waals surface area contributed by atoms with Crippen LogP contribution in [-0.4, -0.2) is 60.9 Å². The topological polar surface area (TPSA) is 77.0 Å². The highest BCUT2D eigenvalue weighted by Gasteiger charge is 2.27. The average molecular weight is 396 g/mol. The van der Waals surface area contributed by atoms with Crippen LogP contribution in [-0.2, 0) is 11.3 Å². The molecule has 7 nitrogen and oxygen atoms in total. The predicted octanol–water partition coefficient (Wildman–Crippen LogP) is 1.40. The highest BCUT2D eigenvalue weighted by atomic mass is 79.9. The van der Waals surface area contributed by atoms with Crippen LogP contribution < -0.4 is 10.6 Å². The molecular weight excluding hydrogens is 374 g/mol. The van der Waals surface area contributed by atoms with Crippen molar-refractivity contribution in [3.63, 3.8) is 0 Å². The van der Waals surface area contributed by atoms with Gasteiger partial charge in [-0.3, -0.25) is 14.7 Å². The number of imide groups is 1. The molecule has 0 aliphatic carbocycles. The normalized spacial score (nSPS) is 14.8. The number of urea groups is 1. The summed E-state index contributed by atoms with van der Waals surface area (Å²) in [5.41, 5.74) is 1.15. The first-order valence-electron chi connectivity index (χ1n) is 7.84. The maximum Gasteiger partial charge on any atom is 0.324 e. The molecule has 1 aromatic carbocycles. The van der Waals surface area contributed by atoms with Gasteiger partial charge in [0.15, 0.2) is 5.96 Å². The number of benzene rings is 1. The van der Waals surface area contributed by atoms with Crippen LogP contribution in [0.2, 0.25) is 0 Å². The van der Waals surface area contributed by atoms with Gasteiger partial charge < -0.3 is 15.5 Å². The van der Waals surface area contributed by atoms with Gasteiger partial charge in [0.1, 0.15) is 0 Å². The molecule has 1 saturated heterocycles. The van der Waals surface area contributed by atoms with Gasteiger partial charge in [-0.1, -0.05) is 34.1 Å². The summed E-state index contributed by atoms with van der Waals surface area (Å²) in [7, 11) is 1.95. The second-order valence-electron chi connectivity index (χ2n) is 5.39. The standard InChI is InChI=1S/C16H22BrN5O2/c1-3-18-15(19-8-9-22-14(23)10-20-16(22)24)21(2)11-12-6-4-5-7-13(12)17/h4-7H,3,8-11H2,1-2H3,(H,18,19)(H,20,24). The SMILES string of the molecule is CCNC(=NCCN1C(=O)CNC1=O)N(C)Cc1ccccc1Br. The molecule has 8 heteroatoms. The van der Waals surface area contributed by atoms with E-state index < -0.39 is 0 Å². The van der Waals surface area contributed by atoms with E-state index in [2.05, 4.69) is 37.6 Å². The summed E-state index contributed by atoms with van der Waals surface area (Å²) in [4.78, 5) is 30.8. The van der Waals surface area contributed by atoms with Gasteiger partial charge in [-0.2, -0.15) is 0 Å². The fraction of sp³-hybridized carbons (Fsp3) is 0.438. The van der Waals surface area contributed by atoms with Crippen LogP contribution in [0.4, 0.5) is 4.79 Å². The summed E-state index contributed by atoms with van der Waals surface area (Å²) in [6.07, 6.45) is 0. The maximum absolute atomic E-state index is 11.6. The van der Waals surface area contributed by atoms with Crippen molar-refractivity contribution in [2.75, 3.05) is 33.2 Å². The fourth-order valence-corrected chi connectivity index (χ4v) is 2.77. The van der Waals surface area contributed by atoms with Crippen LogP contribution in [0.3, 0.4) is 0 Å². The van der Waals surface area contributed by atoms with E-state index in [1.807, 2.05) is 37.1 Å². The third kappa shape index (κ3) is 4.70. The number of amides is 3. The Morgan fingerprint density at radius 1 is 1.42 bits per heavy atom. The van der Waals surface area contributed by atoms with E-state index in [1.165, 1.54) is 4.90 Å². The lowest BCUT2D eigenvalue weighted by molar-refractivity contribution is -0.124. The zero-order valence-electron chi connectivity index (χ0n) is 13.9. The molecular formula is C16H22BrN5O2. The summed E-state index contributed by atoms with van der Waals surface area (Å²) < 4.78 is 1.05. The maximum atomic E-state index is 11.6. The van der Waals surface area contributed by atoms with Gasteiger partial charge >= 0.3 is 6.03 Å². The number of hydrogen-bond acceptors (Lipinski definition) is 3. The highest BCUT2D eigenvalue weighted by Crippen LogP contribution is 2.17. The minimum Gasteiger partial charge on any atom is -0.357 e. The molecule has 0 atom stereocenters. The quantitative estimate of drug-likeness (QED) is 0.433. The molecule has 1 aromatic rings. The van der Waals surface area contributed by atoms with Crippen LogP contribution >= 0.6 is 15.9 Å². The molecule has 1 fully saturated rings. The molecule has 0 unspecified atom stereocenters. The van der Waals surface area contributed by atoms with Crippen LogP contribution in [0.1, 0.15) is 12.5 Å². The Balaban J connectivity index is 1.98. The highest BCUT2D eigenvalue weighted by molar-refractivity contribution is 9.10. The lowest BCUT2D eigenvalue weighted by Gasteiger charge is -2.23. The van der Waals surface area contributed by atoms with Gasteiger partial charge in [0.25, 0.3) is 0 Å². The number of rotatable bonds is 6. The van der Waals surface area contributed by atoms with E-state index in [-0.39, 0.29) is 25.0 Å².